The lowest BCUT2D eigenvalue weighted by molar-refractivity contribution is 0.0974. The first-order valence-electron chi connectivity index (χ1n) is 9.22. The molecule has 4 rings (SSSR count). The summed E-state index contributed by atoms with van der Waals surface area (Å²) in [5.74, 6) is 1.73. The number of benzene rings is 3. The van der Waals surface area contributed by atoms with Gasteiger partial charge in [0.15, 0.2) is 11.5 Å². The first-order chi connectivity index (χ1) is 14.2. The summed E-state index contributed by atoms with van der Waals surface area (Å²) in [6.07, 6.45) is -0.450. The molecule has 0 spiro atoms. The van der Waals surface area contributed by atoms with Crippen LogP contribution in [0.15, 0.2) is 66.7 Å². The number of carbonyl (C=O) groups excluding carboxylic acids is 1. The van der Waals surface area contributed by atoms with Gasteiger partial charge in [-0.2, -0.15) is 0 Å². The maximum Gasteiger partial charge on any atom is 0.262 e. The molecule has 0 bridgehead atoms. The van der Waals surface area contributed by atoms with Gasteiger partial charge < -0.3 is 19.5 Å². The van der Waals surface area contributed by atoms with Gasteiger partial charge in [0.2, 0.25) is 0 Å². The third kappa shape index (κ3) is 3.23. The number of hydrogen-bond donors (Lipinski definition) is 1. The highest BCUT2D eigenvalue weighted by Crippen LogP contribution is 2.41. The van der Waals surface area contributed by atoms with Gasteiger partial charge in [0.25, 0.3) is 5.91 Å². The molecule has 148 valence electrons. The summed E-state index contributed by atoms with van der Waals surface area (Å²) in [4.78, 5) is 15.2. The molecule has 0 fully saturated rings. The first kappa shape index (κ1) is 18.7. The van der Waals surface area contributed by atoms with E-state index in [-0.39, 0.29) is 5.91 Å². The van der Waals surface area contributed by atoms with Gasteiger partial charge in [-0.1, -0.05) is 30.3 Å². The third-order valence-corrected chi connectivity index (χ3v) is 4.99. The van der Waals surface area contributed by atoms with E-state index < -0.39 is 6.17 Å². The van der Waals surface area contributed by atoms with E-state index in [9.17, 15) is 4.79 Å². The number of amides is 1. The second-order valence-corrected chi connectivity index (χ2v) is 6.55. The molecule has 0 aromatic heterocycles. The minimum Gasteiger partial charge on any atom is -0.495 e. The summed E-state index contributed by atoms with van der Waals surface area (Å²) < 4.78 is 16.4. The fourth-order valence-corrected chi connectivity index (χ4v) is 3.59. The minimum atomic E-state index is -0.450. The Kier molecular flexibility index (Phi) is 4.99. The summed E-state index contributed by atoms with van der Waals surface area (Å²) in [7, 11) is 4.78. The zero-order chi connectivity index (χ0) is 20.4. The van der Waals surface area contributed by atoms with Crippen LogP contribution < -0.4 is 24.4 Å². The summed E-state index contributed by atoms with van der Waals surface area (Å²) in [6, 6.07) is 20.6. The molecule has 0 saturated carbocycles. The van der Waals surface area contributed by atoms with Crippen molar-refractivity contribution < 1.29 is 19.0 Å². The number of nitrogens with one attached hydrogen (secondary N) is 1. The summed E-state index contributed by atoms with van der Waals surface area (Å²) in [5.41, 5.74) is 2.93. The van der Waals surface area contributed by atoms with E-state index in [1.807, 2.05) is 66.7 Å². The molecular formula is C23H22N2O4. The van der Waals surface area contributed by atoms with E-state index in [4.69, 9.17) is 14.2 Å². The van der Waals surface area contributed by atoms with E-state index >= 15 is 0 Å². The predicted octanol–water partition coefficient (Wildman–Crippen LogP) is 4.48. The van der Waals surface area contributed by atoms with Crippen LogP contribution in [0.3, 0.4) is 0 Å². The average Bonchev–Trinajstić information content (AvgIpc) is 2.78. The lowest BCUT2D eigenvalue weighted by Gasteiger charge is -2.38. The molecule has 0 saturated heterocycles. The van der Waals surface area contributed by atoms with Crippen molar-refractivity contribution in [2.75, 3.05) is 31.5 Å². The van der Waals surface area contributed by atoms with Crippen LogP contribution >= 0.6 is 0 Å². The van der Waals surface area contributed by atoms with E-state index in [2.05, 4.69) is 5.32 Å². The number of ether oxygens (including phenoxy) is 3. The van der Waals surface area contributed by atoms with Crippen molar-refractivity contribution in [3.8, 4) is 17.2 Å². The van der Waals surface area contributed by atoms with Crippen molar-refractivity contribution in [2.45, 2.75) is 6.17 Å². The second kappa shape index (κ2) is 7.75. The zero-order valence-corrected chi connectivity index (χ0v) is 16.5. The van der Waals surface area contributed by atoms with Gasteiger partial charge in [-0.15, -0.1) is 0 Å². The van der Waals surface area contributed by atoms with Crippen LogP contribution in [0.1, 0.15) is 22.1 Å². The quantitative estimate of drug-likeness (QED) is 0.696. The maximum absolute atomic E-state index is 13.5. The summed E-state index contributed by atoms with van der Waals surface area (Å²) in [5, 5.41) is 3.49. The van der Waals surface area contributed by atoms with Gasteiger partial charge in [-0.3, -0.25) is 9.69 Å². The number of methoxy groups -OCH3 is 3. The van der Waals surface area contributed by atoms with Crippen LogP contribution in [0, 0.1) is 0 Å². The molecule has 6 heteroatoms. The molecular weight excluding hydrogens is 368 g/mol. The fourth-order valence-electron chi connectivity index (χ4n) is 3.59. The van der Waals surface area contributed by atoms with Gasteiger partial charge >= 0.3 is 0 Å². The maximum atomic E-state index is 13.5. The lowest BCUT2D eigenvalue weighted by Crippen LogP contribution is -2.43. The van der Waals surface area contributed by atoms with Gasteiger partial charge in [-0.25, -0.2) is 0 Å². The molecule has 3 aromatic carbocycles. The van der Waals surface area contributed by atoms with Crippen molar-refractivity contribution in [1.29, 1.82) is 0 Å². The smallest absolute Gasteiger partial charge is 0.262 e. The van der Waals surface area contributed by atoms with Gasteiger partial charge in [0, 0.05) is 5.69 Å². The average molecular weight is 390 g/mol. The van der Waals surface area contributed by atoms with E-state index in [1.165, 1.54) is 0 Å². The van der Waals surface area contributed by atoms with Gasteiger partial charge in [0.1, 0.15) is 11.9 Å². The Labute approximate surface area is 169 Å². The number of para-hydroxylation sites is 3. The number of rotatable bonds is 5. The van der Waals surface area contributed by atoms with Crippen LogP contribution in [-0.2, 0) is 0 Å². The third-order valence-electron chi connectivity index (χ3n) is 4.99. The number of carbonyl (C=O) groups is 1. The number of anilines is 2. The molecule has 0 aliphatic carbocycles. The molecule has 3 aromatic rings. The Balaban J connectivity index is 1.89. The molecule has 6 nitrogen and oxygen atoms in total. The highest BCUT2D eigenvalue weighted by atomic mass is 16.5. The van der Waals surface area contributed by atoms with Crippen molar-refractivity contribution >= 4 is 17.3 Å². The Morgan fingerprint density at radius 2 is 1.48 bits per heavy atom. The highest BCUT2D eigenvalue weighted by Gasteiger charge is 2.35. The van der Waals surface area contributed by atoms with Crippen LogP contribution in [0.25, 0.3) is 0 Å². The Morgan fingerprint density at radius 1 is 0.793 bits per heavy atom. The van der Waals surface area contributed by atoms with Crippen LogP contribution in [-0.4, -0.2) is 27.2 Å². The standard InChI is InChI=1S/C23H22N2O4/c1-27-19-11-7-6-10-18(19)25-22(15-12-13-20(28-2)21(14-15)29-3)24-17-9-5-4-8-16(17)23(25)26/h4-14,22,24H,1-3H3/t22-/m1/s1. The van der Waals surface area contributed by atoms with Crippen LogP contribution in [0.4, 0.5) is 11.4 Å². The normalized spacial score (nSPS) is 15.3. The van der Waals surface area contributed by atoms with E-state index in [0.717, 1.165) is 11.3 Å². The van der Waals surface area contributed by atoms with Crippen molar-refractivity contribution in [3.63, 3.8) is 0 Å². The van der Waals surface area contributed by atoms with Gasteiger partial charge in [-0.05, 0) is 42.0 Å². The lowest BCUT2D eigenvalue weighted by atomic mass is 10.0. The highest BCUT2D eigenvalue weighted by molar-refractivity contribution is 6.12. The van der Waals surface area contributed by atoms with Crippen molar-refractivity contribution in [1.82, 2.24) is 0 Å². The minimum absolute atomic E-state index is 0.108. The largest absolute Gasteiger partial charge is 0.495 e. The first-order valence-corrected chi connectivity index (χ1v) is 9.22. The fraction of sp³-hybridized carbons (Fsp3) is 0.174. The number of nitrogens with zero attached hydrogens (tertiary/aromatic N) is 1. The Morgan fingerprint density at radius 3 is 2.24 bits per heavy atom. The van der Waals surface area contributed by atoms with Crippen LogP contribution in [0.5, 0.6) is 17.2 Å². The van der Waals surface area contributed by atoms with Crippen molar-refractivity contribution in [2.24, 2.45) is 0 Å². The molecule has 1 heterocycles. The topological polar surface area (TPSA) is 60.0 Å². The Hall–Kier alpha value is -3.67. The SMILES string of the molecule is COc1ccc([C@@H]2Nc3ccccc3C(=O)N2c2ccccc2OC)cc1OC. The van der Waals surface area contributed by atoms with Gasteiger partial charge in [0.05, 0.1) is 32.6 Å². The number of hydrogen-bond acceptors (Lipinski definition) is 5. The predicted molar refractivity (Wildman–Crippen MR) is 112 cm³/mol. The molecule has 0 radical (unpaired) electrons. The van der Waals surface area contributed by atoms with E-state index in [0.29, 0.717) is 28.5 Å². The van der Waals surface area contributed by atoms with E-state index in [1.54, 1.807) is 26.2 Å². The second-order valence-electron chi connectivity index (χ2n) is 6.55. The van der Waals surface area contributed by atoms with Crippen molar-refractivity contribution in [3.05, 3.63) is 77.9 Å². The molecule has 1 N–H and O–H groups in total. The molecule has 1 aliphatic heterocycles. The zero-order valence-electron chi connectivity index (χ0n) is 16.5. The number of fused-ring (bicyclic) bond motifs is 1. The summed E-state index contributed by atoms with van der Waals surface area (Å²) in [6.45, 7) is 0. The molecule has 1 amide bonds. The molecule has 1 atom stereocenters. The monoisotopic (exact) mass is 390 g/mol. The molecule has 29 heavy (non-hydrogen) atoms. The summed E-state index contributed by atoms with van der Waals surface area (Å²) >= 11 is 0. The van der Waals surface area contributed by atoms with Crippen LogP contribution in [0.2, 0.25) is 0 Å². The molecule has 1 aliphatic rings. The molecule has 0 unspecified atom stereocenters. The Bertz CT molecular complexity index is 1050.